The number of aromatic carboxylic acids is 1. The maximum absolute atomic E-state index is 12.7. The Labute approximate surface area is 129 Å². The van der Waals surface area contributed by atoms with Crippen LogP contribution in [0, 0.1) is 11.8 Å². The highest BCUT2D eigenvalue weighted by Gasteiger charge is 2.32. The van der Waals surface area contributed by atoms with Crippen molar-refractivity contribution in [3.8, 4) is 0 Å². The van der Waals surface area contributed by atoms with E-state index in [2.05, 4.69) is 0 Å². The Hall–Kier alpha value is -1.11. The van der Waals surface area contributed by atoms with E-state index in [1.807, 2.05) is 13.8 Å². The zero-order valence-electron chi connectivity index (χ0n) is 11.9. The van der Waals surface area contributed by atoms with Crippen molar-refractivity contribution in [2.45, 2.75) is 25.2 Å². The average Bonchev–Trinajstić information content (AvgIpc) is 2.36. The predicted octanol–water partition coefficient (Wildman–Crippen LogP) is 2.70. The molecule has 0 aromatic heterocycles. The van der Waals surface area contributed by atoms with Crippen LogP contribution in [-0.4, -0.2) is 36.9 Å². The van der Waals surface area contributed by atoms with Crippen LogP contribution in [0.2, 0.25) is 5.02 Å². The van der Waals surface area contributed by atoms with E-state index in [1.165, 1.54) is 16.4 Å². The van der Waals surface area contributed by atoms with Gasteiger partial charge in [-0.1, -0.05) is 25.4 Å². The summed E-state index contributed by atoms with van der Waals surface area (Å²) >= 11 is 5.85. The second-order valence-electron chi connectivity index (χ2n) is 5.75. The highest BCUT2D eigenvalue weighted by atomic mass is 35.5. The maximum atomic E-state index is 12.7. The quantitative estimate of drug-likeness (QED) is 0.924. The van der Waals surface area contributed by atoms with Gasteiger partial charge in [0.05, 0.1) is 10.5 Å². The average molecular weight is 332 g/mol. The third-order valence-corrected chi connectivity index (χ3v) is 5.62. The van der Waals surface area contributed by atoms with E-state index in [0.717, 1.165) is 12.5 Å². The highest BCUT2D eigenvalue weighted by Crippen LogP contribution is 2.28. The summed E-state index contributed by atoms with van der Waals surface area (Å²) in [6.45, 7) is 4.92. The normalized spacial score (nSPS) is 24.0. The first kappa shape index (κ1) is 16.3. The Bertz CT molecular complexity index is 649. The number of carboxylic acid groups (broad SMARTS) is 1. The summed E-state index contributed by atoms with van der Waals surface area (Å²) in [5, 5.41) is 9.13. The van der Waals surface area contributed by atoms with Gasteiger partial charge in [0.25, 0.3) is 0 Å². The molecule has 1 N–H and O–H groups in total. The van der Waals surface area contributed by atoms with E-state index in [0.29, 0.717) is 13.1 Å². The molecule has 1 aromatic rings. The van der Waals surface area contributed by atoms with Crippen LogP contribution >= 0.6 is 11.6 Å². The molecule has 0 spiro atoms. The zero-order valence-corrected chi connectivity index (χ0v) is 13.5. The number of benzene rings is 1. The lowest BCUT2D eigenvalue weighted by Gasteiger charge is -2.34. The fourth-order valence-corrected chi connectivity index (χ4v) is 4.84. The van der Waals surface area contributed by atoms with E-state index in [4.69, 9.17) is 16.7 Å². The lowest BCUT2D eigenvalue weighted by Crippen LogP contribution is -2.42. The number of hydrogen-bond donors (Lipinski definition) is 1. The molecule has 5 nitrogen and oxygen atoms in total. The lowest BCUT2D eigenvalue weighted by atomic mass is 9.94. The molecule has 0 aliphatic carbocycles. The molecular formula is C14H18ClNO4S. The minimum Gasteiger partial charge on any atom is -0.478 e. The van der Waals surface area contributed by atoms with Crippen molar-refractivity contribution in [1.82, 2.24) is 4.31 Å². The second-order valence-corrected chi connectivity index (χ2v) is 8.12. The van der Waals surface area contributed by atoms with E-state index < -0.39 is 16.0 Å². The molecule has 1 aromatic carbocycles. The summed E-state index contributed by atoms with van der Waals surface area (Å²) in [6.07, 6.45) is 0.988. The monoisotopic (exact) mass is 331 g/mol. The van der Waals surface area contributed by atoms with Crippen molar-refractivity contribution in [2.24, 2.45) is 11.8 Å². The summed E-state index contributed by atoms with van der Waals surface area (Å²) in [7, 11) is -3.72. The minimum absolute atomic E-state index is 0.0614. The van der Waals surface area contributed by atoms with Gasteiger partial charge in [-0.25, -0.2) is 13.2 Å². The van der Waals surface area contributed by atoms with Crippen LogP contribution in [0.25, 0.3) is 0 Å². The van der Waals surface area contributed by atoms with E-state index in [9.17, 15) is 13.2 Å². The molecule has 1 saturated heterocycles. The van der Waals surface area contributed by atoms with Crippen LogP contribution in [0.3, 0.4) is 0 Å². The molecular weight excluding hydrogens is 314 g/mol. The van der Waals surface area contributed by atoms with Gasteiger partial charge in [0.2, 0.25) is 10.0 Å². The number of piperidine rings is 1. The summed E-state index contributed by atoms with van der Waals surface area (Å²) in [5.41, 5.74) is -0.126. The van der Waals surface area contributed by atoms with Crippen molar-refractivity contribution in [2.75, 3.05) is 13.1 Å². The van der Waals surface area contributed by atoms with Crippen LogP contribution in [0.4, 0.5) is 0 Å². The fraction of sp³-hybridized carbons (Fsp3) is 0.500. The van der Waals surface area contributed by atoms with Gasteiger partial charge in [-0.3, -0.25) is 0 Å². The van der Waals surface area contributed by atoms with Crippen LogP contribution in [0.15, 0.2) is 23.1 Å². The second kappa shape index (κ2) is 5.94. The number of hydrogen-bond acceptors (Lipinski definition) is 3. The number of sulfonamides is 1. The molecule has 1 heterocycles. The van der Waals surface area contributed by atoms with Gasteiger partial charge in [-0.05, 0) is 36.5 Å². The highest BCUT2D eigenvalue weighted by molar-refractivity contribution is 7.89. The third-order valence-electron chi connectivity index (χ3n) is 3.59. The molecule has 21 heavy (non-hydrogen) atoms. The van der Waals surface area contributed by atoms with Crippen molar-refractivity contribution >= 4 is 27.6 Å². The van der Waals surface area contributed by atoms with E-state index >= 15 is 0 Å². The van der Waals surface area contributed by atoms with Gasteiger partial charge in [-0.2, -0.15) is 4.31 Å². The summed E-state index contributed by atoms with van der Waals surface area (Å²) < 4.78 is 26.8. The van der Waals surface area contributed by atoms with E-state index in [1.54, 1.807) is 0 Å². The molecule has 0 bridgehead atoms. The summed E-state index contributed by atoms with van der Waals surface area (Å²) in [5.74, 6) is -0.641. The molecule has 2 atom stereocenters. The summed E-state index contributed by atoms with van der Waals surface area (Å²) in [6, 6.07) is 3.70. The molecule has 0 radical (unpaired) electrons. The lowest BCUT2D eigenvalue weighted by molar-refractivity contribution is 0.0696. The smallest absolute Gasteiger partial charge is 0.335 e. The van der Waals surface area contributed by atoms with Gasteiger partial charge < -0.3 is 5.11 Å². The largest absolute Gasteiger partial charge is 0.478 e. The van der Waals surface area contributed by atoms with Gasteiger partial charge in [0.15, 0.2) is 0 Å². The number of halogens is 1. The standard InChI is InChI=1S/C14H18ClNO4S/c1-9-3-10(2)8-16(7-9)21(19,20)13-5-11(14(17)18)4-12(15)6-13/h4-6,9-10H,3,7-8H2,1-2H3,(H,17,18). The number of carbonyl (C=O) groups is 1. The molecule has 2 rings (SSSR count). The fourth-order valence-electron chi connectivity index (χ4n) is 2.79. The first-order chi connectivity index (χ1) is 9.70. The molecule has 2 unspecified atom stereocenters. The molecule has 0 saturated carbocycles. The number of rotatable bonds is 3. The summed E-state index contributed by atoms with van der Waals surface area (Å²) in [4.78, 5) is 11.0. The molecule has 1 aliphatic heterocycles. The third kappa shape index (κ3) is 3.56. The zero-order chi connectivity index (χ0) is 15.8. The minimum atomic E-state index is -3.72. The Balaban J connectivity index is 2.42. The van der Waals surface area contributed by atoms with Crippen molar-refractivity contribution in [3.63, 3.8) is 0 Å². The van der Waals surface area contributed by atoms with Crippen LogP contribution in [0.1, 0.15) is 30.6 Å². The van der Waals surface area contributed by atoms with Gasteiger partial charge >= 0.3 is 5.97 Å². The Kier molecular flexibility index (Phi) is 4.60. The number of carboxylic acids is 1. The number of nitrogens with zero attached hydrogens (tertiary/aromatic N) is 1. The Morgan fingerprint density at radius 2 is 1.81 bits per heavy atom. The SMILES string of the molecule is CC1CC(C)CN(S(=O)(=O)c2cc(Cl)cc(C(=O)O)c2)C1. The first-order valence-corrected chi connectivity index (χ1v) is 8.56. The molecule has 0 amide bonds. The Morgan fingerprint density at radius 1 is 1.24 bits per heavy atom. The molecule has 7 heteroatoms. The molecule has 1 fully saturated rings. The topological polar surface area (TPSA) is 74.7 Å². The van der Waals surface area contributed by atoms with Crippen LogP contribution < -0.4 is 0 Å². The van der Waals surface area contributed by atoms with Crippen molar-refractivity contribution in [1.29, 1.82) is 0 Å². The van der Waals surface area contributed by atoms with E-state index in [-0.39, 0.29) is 27.3 Å². The maximum Gasteiger partial charge on any atom is 0.335 e. The Morgan fingerprint density at radius 3 is 2.33 bits per heavy atom. The predicted molar refractivity (Wildman–Crippen MR) is 80.1 cm³/mol. The van der Waals surface area contributed by atoms with Crippen molar-refractivity contribution in [3.05, 3.63) is 28.8 Å². The first-order valence-electron chi connectivity index (χ1n) is 6.74. The van der Waals surface area contributed by atoms with Crippen LogP contribution in [0.5, 0.6) is 0 Å². The van der Waals surface area contributed by atoms with Gasteiger partial charge in [-0.15, -0.1) is 0 Å². The van der Waals surface area contributed by atoms with Crippen molar-refractivity contribution < 1.29 is 18.3 Å². The molecule has 116 valence electrons. The van der Waals surface area contributed by atoms with Gasteiger partial charge in [0.1, 0.15) is 0 Å². The molecule has 1 aliphatic rings. The van der Waals surface area contributed by atoms with Gasteiger partial charge in [0, 0.05) is 18.1 Å². The van der Waals surface area contributed by atoms with Crippen LogP contribution in [-0.2, 0) is 10.0 Å².